The van der Waals surface area contributed by atoms with E-state index in [1.165, 1.54) is 6.33 Å². The van der Waals surface area contributed by atoms with E-state index < -0.39 is 5.97 Å². The number of nitrogens with zero attached hydrogens (tertiary/aromatic N) is 3. The highest BCUT2D eigenvalue weighted by Crippen LogP contribution is 2.05. The normalized spacial score (nSPS) is 10.6. The molecule has 2 rings (SSSR count). The Morgan fingerprint density at radius 2 is 2.36 bits per heavy atom. The van der Waals surface area contributed by atoms with Gasteiger partial charge in [-0.15, -0.1) is 0 Å². The first-order valence-electron chi connectivity index (χ1n) is 4.27. The fourth-order valence-corrected chi connectivity index (χ4v) is 1.33. The van der Waals surface area contributed by atoms with Gasteiger partial charge in [0.25, 0.3) is 0 Å². The van der Waals surface area contributed by atoms with Crippen LogP contribution >= 0.6 is 0 Å². The summed E-state index contributed by atoms with van der Waals surface area (Å²) >= 11 is 0. The smallest absolute Gasteiger partial charge is 0.303 e. The van der Waals surface area contributed by atoms with Gasteiger partial charge in [-0.3, -0.25) is 4.79 Å². The molecule has 0 radical (unpaired) electrons. The van der Waals surface area contributed by atoms with Crippen molar-refractivity contribution in [3.8, 4) is 0 Å². The number of aromatic nitrogens is 3. The van der Waals surface area contributed by atoms with Crippen molar-refractivity contribution < 1.29 is 9.90 Å². The Morgan fingerprint density at radius 3 is 3.14 bits per heavy atom. The third-order valence-electron chi connectivity index (χ3n) is 1.98. The van der Waals surface area contributed by atoms with Gasteiger partial charge in [-0.05, 0) is 12.1 Å². The molecule has 0 aliphatic carbocycles. The second kappa shape index (κ2) is 3.45. The lowest BCUT2D eigenvalue weighted by molar-refractivity contribution is -0.136. The second-order valence-electron chi connectivity index (χ2n) is 2.94. The molecule has 0 amide bonds. The minimum Gasteiger partial charge on any atom is -0.481 e. The van der Waals surface area contributed by atoms with Crippen LogP contribution in [0.4, 0.5) is 0 Å². The van der Waals surface area contributed by atoms with Gasteiger partial charge in [-0.1, -0.05) is 6.07 Å². The van der Waals surface area contributed by atoms with Crippen molar-refractivity contribution in [1.29, 1.82) is 0 Å². The summed E-state index contributed by atoms with van der Waals surface area (Å²) in [5.41, 5.74) is 1.61. The molecule has 5 heteroatoms. The molecule has 14 heavy (non-hydrogen) atoms. The maximum absolute atomic E-state index is 10.4. The van der Waals surface area contributed by atoms with E-state index in [4.69, 9.17) is 5.11 Å². The Kier molecular flexibility index (Phi) is 2.14. The first-order chi connectivity index (χ1) is 6.77. The zero-order valence-electron chi connectivity index (χ0n) is 7.42. The predicted octanol–water partition coefficient (Wildman–Crippen LogP) is 0.746. The van der Waals surface area contributed by atoms with Crippen molar-refractivity contribution in [3.63, 3.8) is 0 Å². The molecule has 0 atom stereocenters. The molecule has 0 aromatic carbocycles. The third kappa shape index (κ3) is 1.56. The van der Waals surface area contributed by atoms with Crippen LogP contribution in [0.25, 0.3) is 5.65 Å². The maximum atomic E-state index is 10.4. The third-order valence-corrected chi connectivity index (χ3v) is 1.98. The van der Waals surface area contributed by atoms with Crippen molar-refractivity contribution in [3.05, 3.63) is 30.2 Å². The largest absolute Gasteiger partial charge is 0.481 e. The summed E-state index contributed by atoms with van der Waals surface area (Å²) in [6, 6.07) is 5.53. The van der Waals surface area contributed by atoms with Gasteiger partial charge in [-0.25, -0.2) is 9.50 Å². The molecule has 1 N–H and O–H groups in total. The lowest BCUT2D eigenvalue weighted by Crippen LogP contribution is -2.03. The quantitative estimate of drug-likeness (QED) is 0.777. The molecule has 0 aliphatic heterocycles. The van der Waals surface area contributed by atoms with Crippen LogP contribution in [0.15, 0.2) is 24.5 Å². The number of carboxylic acid groups (broad SMARTS) is 1. The number of carboxylic acids is 1. The molecule has 0 unspecified atom stereocenters. The topological polar surface area (TPSA) is 67.5 Å². The van der Waals surface area contributed by atoms with Gasteiger partial charge < -0.3 is 5.11 Å². The van der Waals surface area contributed by atoms with E-state index in [1.54, 1.807) is 4.52 Å². The molecule has 2 aromatic heterocycles. The molecular formula is C9H9N3O2. The molecule has 0 spiro atoms. The van der Waals surface area contributed by atoms with Gasteiger partial charge in [0.15, 0.2) is 5.65 Å². The molecule has 72 valence electrons. The number of fused-ring (bicyclic) bond motifs is 1. The van der Waals surface area contributed by atoms with Crippen molar-refractivity contribution in [2.24, 2.45) is 0 Å². The predicted molar refractivity (Wildman–Crippen MR) is 48.9 cm³/mol. The van der Waals surface area contributed by atoms with Gasteiger partial charge in [0.2, 0.25) is 0 Å². The summed E-state index contributed by atoms with van der Waals surface area (Å²) < 4.78 is 1.66. The van der Waals surface area contributed by atoms with Gasteiger partial charge in [0.05, 0.1) is 6.42 Å². The van der Waals surface area contributed by atoms with Crippen LogP contribution in [0.3, 0.4) is 0 Å². The minimum atomic E-state index is -0.804. The van der Waals surface area contributed by atoms with E-state index in [9.17, 15) is 4.79 Å². The maximum Gasteiger partial charge on any atom is 0.303 e. The highest BCUT2D eigenvalue weighted by Gasteiger charge is 2.03. The van der Waals surface area contributed by atoms with Crippen molar-refractivity contribution in [2.45, 2.75) is 12.8 Å². The van der Waals surface area contributed by atoms with Gasteiger partial charge in [0, 0.05) is 12.1 Å². The standard InChI is InChI=1S/C9H9N3O2/c13-9(14)5-4-7-2-1-3-8-10-6-11-12(7)8/h1-3,6H,4-5H2,(H,13,14). The van der Waals surface area contributed by atoms with E-state index in [1.807, 2.05) is 18.2 Å². The van der Waals surface area contributed by atoms with E-state index >= 15 is 0 Å². The molecule has 0 bridgehead atoms. The monoisotopic (exact) mass is 191 g/mol. The highest BCUT2D eigenvalue weighted by atomic mass is 16.4. The van der Waals surface area contributed by atoms with Crippen molar-refractivity contribution in [2.75, 3.05) is 0 Å². The first kappa shape index (κ1) is 8.68. The summed E-state index contributed by atoms with van der Waals surface area (Å²) in [6.07, 6.45) is 2.04. The fraction of sp³-hybridized carbons (Fsp3) is 0.222. The van der Waals surface area contributed by atoms with Gasteiger partial charge >= 0.3 is 5.97 Å². The highest BCUT2D eigenvalue weighted by molar-refractivity contribution is 5.67. The molecule has 0 aliphatic rings. The Bertz CT molecular complexity index is 464. The average Bonchev–Trinajstić information content (AvgIpc) is 2.62. The molecule has 5 nitrogen and oxygen atoms in total. The fourth-order valence-electron chi connectivity index (χ4n) is 1.33. The van der Waals surface area contributed by atoms with Crippen LogP contribution < -0.4 is 0 Å². The summed E-state index contributed by atoms with van der Waals surface area (Å²) in [7, 11) is 0. The number of hydrogen-bond acceptors (Lipinski definition) is 3. The van der Waals surface area contributed by atoms with E-state index in [0.29, 0.717) is 6.42 Å². The Labute approximate surface area is 80.0 Å². The molecular weight excluding hydrogens is 182 g/mol. The van der Waals surface area contributed by atoms with Crippen molar-refractivity contribution in [1.82, 2.24) is 14.6 Å². The van der Waals surface area contributed by atoms with E-state index in [-0.39, 0.29) is 6.42 Å². The Hall–Kier alpha value is -1.91. The number of rotatable bonds is 3. The number of aryl methyl sites for hydroxylation is 1. The molecule has 0 saturated heterocycles. The lowest BCUT2D eigenvalue weighted by Gasteiger charge is -2.00. The van der Waals surface area contributed by atoms with Gasteiger partial charge in [0.1, 0.15) is 6.33 Å². The number of aliphatic carboxylic acids is 1. The van der Waals surface area contributed by atoms with Crippen LogP contribution in [-0.4, -0.2) is 25.7 Å². The lowest BCUT2D eigenvalue weighted by atomic mass is 10.2. The zero-order chi connectivity index (χ0) is 9.97. The molecule has 2 heterocycles. The zero-order valence-corrected chi connectivity index (χ0v) is 7.42. The SMILES string of the molecule is O=C(O)CCc1cccc2ncnn12. The first-order valence-corrected chi connectivity index (χ1v) is 4.27. The summed E-state index contributed by atoms with van der Waals surface area (Å²) in [5, 5.41) is 12.6. The Balaban J connectivity index is 2.32. The Morgan fingerprint density at radius 1 is 1.50 bits per heavy atom. The summed E-state index contributed by atoms with van der Waals surface area (Å²) in [6.45, 7) is 0. The van der Waals surface area contributed by atoms with Crippen LogP contribution in [-0.2, 0) is 11.2 Å². The van der Waals surface area contributed by atoms with Crippen LogP contribution in [0.5, 0.6) is 0 Å². The summed E-state index contributed by atoms with van der Waals surface area (Å²) in [5.74, 6) is -0.804. The van der Waals surface area contributed by atoms with Gasteiger partial charge in [-0.2, -0.15) is 5.10 Å². The number of carbonyl (C=O) groups is 1. The minimum absolute atomic E-state index is 0.110. The molecule has 0 fully saturated rings. The average molecular weight is 191 g/mol. The number of hydrogen-bond donors (Lipinski definition) is 1. The van der Waals surface area contributed by atoms with E-state index in [2.05, 4.69) is 10.1 Å². The van der Waals surface area contributed by atoms with Crippen LogP contribution in [0, 0.1) is 0 Å². The van der Waals surface area contributed by atoms with Crippen LogP contribution in [0.1, 0.15) is 12.1 Å². The molecule has 0 saturated carbocycles. The van der Waals surface area contributed by atoms with Crippen LogP contribution in [0.2, 0.25) is 0 Å². The van der Waals surface area contributed by atoms with E-state index in [0.717, 1.165) is 11.3 Å². The number of pyridine rings is 1. The van der Waals surface area contributed by atoms with Crippen molar-refractivity contribution >= 4 is 11.6 Å². The second-order valence-corrected chi connectivity index (χ2v) is 2.94. The summed E-state index contributed by atoms with van der Waals surface area (Å²) in [4.78, 5) is 14.4. The molecule has 2 aromatic rings.